The molecule has 0 fully saturated rings. The number of fused-ring (bicyclic) bond motifs is 1. The molecule has 0 atom stereocenters. The Morgan fingerprint density at radius 2 is 2.44 bits per heavy atom. The van der Waals surface area contributed by atoms with Crippen LogP contribution in [-0.4, -0.2) is 5.75 Å². The Kier molecular flexibility index (Phi) is 1.36. The van der Waals surface area contributed by atoms with Crippen LogP contribution >= 0.6 is 23.1 Å². The standard InChI is InChI=1S/C7H6S2/c1-3-8-5-7-6(1)2-4-9-7/h1-2,4-5H,3H2. The Balaban J connectivity index is 2.89. The van der Waals surface area contributed by atoms with Gasteiger partial charge in [0.1, 0.15) is 0 Å². The normalized spacial score (nSPS) is 15.6. The van der Waals surface area contributed by atoms with E-state index in [2.05, 4.69) is 22.9 Å². The number of hydrogen-bond donors (Lipinski definition) is 0. The van der Waals surface area contributed by atoms with E-state index in [9.17, 15) is 0 Å². The Labute approximate surface area is 61.9 Å². The molecule has 2 heterocycles. The average molecular weight is 154 g/mol. The predicted octanol–water partition coefficient (Wildman–Crippen LogP) is 1.01. The number of hydrogen-bond acceptors (Lipinski definition) is 2. The first-order valence-electron chi connectivity index (χ1n) is 2.82. The summed E-state index contributed by atoms with van der Waals surface area (Å²) in [5, 5.41) is 5.79. The Bertz CT molecular complexity index is 277. The van der Waals surface area contributed by atoms with E-state index in [1.165, 1.54) is 9.75 Å². The molecule has 0 spiro atoms. The van der Waals surface area contributed by atoms with E-state index >= 15 is 0 Å². The van der Waals surface area contributed by atoms with Crippen LogP contribution in [0.4, 0.5) is 0 Å². The monoisotopic (exact) mass is 154 g/mol. The minimum absolute atomic E-state index is 1.14. The number of thioether (sulfide) groups is 1. The van der Waals surface area contributed by atoms with Gasteiger partial charge in [-0.1, -0.05) is 6.08 Å². The second-order valence-electron chi connectivity index (χ2n) is 1.90. The lowest BCUT2D eigenvalue weighted by Crippen LogP contribution is -2.19. The van der Waals surface area contributed by atoms with Crippen LogP contribution in [0.15, 0.2) is 11.4 Å². The fourth-order valence-electron chi connectivity index (χ4n) is 0.857. The van der Waals surface area contributed by atoms with Crippen molar-refractivity contribution in [3.8, 4) is 0 Å². The molecular weight excluding hydrogens is 148 g/mol. The van der Waals surface area contributed by atoms with Crippen molar-refractivity contribution >= 4 is 34.6 Å². The first kappa shape index (κ1) is 5.57. The molecule has 2 rings (SSSR count). The Hall–Kier alpha value is -0.210. The summed E-state index contributed by atoms with van der Waals surface area (Å²) in [6, 6.07) is 2.18. The third-order valence-electron chi connectivity index (χ3n) is 1.32. The van der Waals surface area contributed by atoms with Crippen LogP contribution in [-0.2, 0) is 0 Å². The summed E-state index contributed by atoms with van der Waals surface area (Å²) in [4.78, 5) is 0. The van der Waals surface area contributed by atoms with Gasteiger partial charge in [0.2, 0.25) is 0 Å². The van der Waals surface area contributed by atoms with Crippen molar-refractivity contribution in [3.05, 3.63) is 21.2 Å². The van der Waals surface area contributed by atoms with Gasteiger partial charge in [-0.25, -0.2) is 0 Å². The van der Waals surface area contributed by atoms with Gasteiger partial charge in [-0.05, 0) is 22.1 Å². The van der Waals surface area contributed by atoms with Crippen molar-refractivity contribution < 1.29 is 0 Å². The van der Waals surface area contributed by atoms with Gasteiger partial charge in [0.25, 0.3) is 0 Å². The maximum absolute atomic E-state index is 2.27. The van der Waals surface area contributed by atoms with Crippen LogP contribution < -0.4 is 9.75 Å². The number of thiophene rings is 1. The molecule has 0 amide bonds. The molecule has 2 heteroatoms. The van der Waals surface area contributed by atoms with Gasteiger partial charge < -0.3 is 0 Å². The average Bonchev–Trinajstić information content (AvgIpc) is 2.33. The minimum atomic E-state index is 1.14. The van der Waals surface area contributed by atoms with Gasteiger partial charge in [0.05, 0.1) is 0 Å². The molecule has 0 saturated carbocycles. The molecular formula is C7H6S2. The van der Waals surface area contributed by atoms with E-state index in [-0.39, 0.29) is 0 Å². The molecule has 0 radical (unpaired) electrons. The van der Waals surface area contributed by atoms with Crippen molar-refractivity contribution in [1.29, 1.82) is 0 Å². The Morgan fingerprint density at radius 3 is 3.33 bits per heavy atom. The summed E-state index contributed by atoms with van der Waals surface area (Å²) in [5.41, 5.74) is 0. The van der Waals surface area contributed by atoms with E-state index in [0.29, 0.717) is 0 Å². The fourth-order valence-corrected chi connectivity index (χ4v) is 2.59. The Morgan fingerprint density at radius 1 is 1.44 bits per heavy atom. The lowest BCUT2D eigenvalue weighted by Gasteiger charge is -1.90. The largest absolute Gasteiger partial charge is 0.143 e. The summed E-state index contributed by atoms with van der Waals surface area (Å²) in [6.07, 6.45) is 2.27. The molecule has 9 heavy (non-hydrogen) atoms. The van der Waals surface area contributed by atoms with Crippen molar-refractivity contribution in [2.24, 2.45) is 0 Å². The molecule has 0 saturated heterocycles. The van der Waals surface area contributed by atoms with Gasteiger partial charge in [-0.2, -0.15) is 0 Å². The first-order valence-corrected chi connectivity index (χ1v) is 4.75. The summed E-state index contributed by atoms with van der Waals surface area (Å²) >= 11 is 3.69. The second-order valence-corrected chi connectivity index (χ2v) is 3.75. The minimum Gasteiger partial charge on any atom is -0.143 e. The molecule has 0 aliphatic carbocycles. The maximum Gasteiger partial charge on any atom is 0.0402 e. The van der Waals surface area contributed by atoms with Crippen molar-refractivity contribution in [1.82, 2.24) is 0 Å². The van der Waals surface area contributed by atoms with E-state index < -0.39 is 0 Å². The second kappa shape index (κ2) is 2.20. The van der Waals surface area contributed by atoms with Crippen LogP contribution in [0.5, 0.6) is 0 Å². The summed E-state index contributed by atoms with van der Waals surface area (Å²) in [5.74, 6) is 1.14. The van der Waals surface area contributed by atoms with Crippen molar-refractivity contribution in [2.75, 3.05) is 5.75 Å². The molecule has 1 aromatic rings. The summed E-state index contributed by atoms with van der Waals surface area (Å²) < 4.78 is 1.42. The maximum atomic E-state index is 2.27. The zero-order chi connectivity index (χ0) is 6.10. The predicted molar refractivity (Wildman–Crippen MR) is 45.0 cm³/mol. The fraction of sp³-hybridized carbons (Fsp3) is 0.143. The highest BCUT2D eigenvalue weighted by Crippen LogP contribution is 2.04. The summed E-state index contributed by atoms with van der Waals surface area (Å²) in [6.45, 7) is 0. The topological polar surface area (TPSA) is 0 Å². The van der Waals surface area contributed by atoms with Crippen molar-refractivity contribution in [2.45, 2.75) is 0 Å². The van der Waals surface area contributed by atoms with Gasteiger partial charge in [0.15, 0.2) is 0 Å². The molecule has 46 valence electrons. The first-order chi connectivity index (χ1) is 4.47. The van der Waals surface area contributed by atoms with E-state index in [0.717, 1.165) is 5.75 Å². The molecule has 1 aromatic heterocycles. The smallest absolute Gasteiger partial charge is 0.0402 e. The van der Waals surface area contributed by atoms with E-state index in [4.69, 9.17) is 0 Å². The highest BCUT2D eigenvalue weighted by molar-refractivity contribution is 8.07. The van der Waals surface area contributed by atoms with Crippen LogP contribution in [0.25, 0.3) is 11.5 Å². The lowest BCUT2D eigenvalue weighted by molar-refractivity contribution is 1.68. The van der Waals surface area contributed by atoms with Crippen LogP contribution in [0.1, 0.15) is 0 Å². The number of rotatable bonds is 0. The molecule has 0 bridgehead atoms. The molecule has 1 aliphatic heterocycles. The molecule has 0 N–H and O–H groups in total. The third-order valence-corrected chi connectivity index (χ3v) is 3.11. The van der Waals surface area contributed by atoms with Crippen LogP contribution in [0, 0.1) is 0 Å². The zero-order valence-electron chi connectivity index (χ0n) is 4.83. The SMILES string of the molecule is C1=c2ccsc2=CSC1. The molecule has 0 nitrogen and oxygen atoms in total. The zero-order valence-corrected chi connectivity index (χ0v) is 6.47. The highest BCUT2D eigenvalue weighted by Gasteiger charge is 1.91. The molecule has 0 aromatic carbocycles. The lowest BCUT2D eigenvalue weighted by atomic mass is 10.4. The van der Waals surface area contributed by atoms with Gasteiger partial charge in [0, 0.05) is 10.3 Å². The van der Waals surface area contributed by atoms with Crippen LogP contribution in [0.2, 0.25) is 0 Å². The summed E-state index contributed by atoms with van der Waals surface area (Å²) in [7, 11) is 0. The molecule has 0 unspecified atom stereocenters. The van der Waals surface area contributed by atoms with Crippen LogP contribution in [0.3, 0.4) is 0 Å². The quantitative estimate of drug-likeness (QED) is 0.537. The third kappa shape index (κ3) is 0.926. The highest BCUT2D eigenvalue weighted by atomic mass is 32.2. The van der Waals surface area contributed by atoms with Crippen molar-refractivity contribution in [3.63, 3.8) is 0 Å². The molecule has 1 aliphatic rings. The van der Waals surface area contributed by atoms with Gasteiger partial charge in [-0.3, -0.25) is 0 Å². The van der Waals surface area contributed by atoms with E-state index in [1.807, 2.05) is 23.1 Å². The van der Waals surface area contributed by atoms with Gasteiger partial charge in [-0.15, -0.1) is 23.1 Å². The van der Waals surface area contributed by atoms with E-state index in [1.54, 1.807) is 0 Å². The van der Waals surface area contributed by atoms with Gasteiger partial charge >= 0.3 is 0 Å².